The van der Waals surface area contributed by atoms with Crippen LogP contribution in [0.25, 0.3) is 5.57 Å². The minimum atomic E-state index is -0.519. The highest BCUT2D eigenvalue weighted by atomic mass is 16.5. The van der Waals surface area contributed by atoms with E-state index >= 15 is 0 Å². The third-order valence-electron chi connectivity index (χ3n) is 2.87. The van der Waals surface area contributed by atoms with Crippen LogP contribution in [0.1, 0.15) is 5.56 Å². The van der Waals surface area contributed by atoms with Gasteiger partial charge in [-0.15, -0.1) is 0 Å². The summed E-state index contributed by atoms with van der Waals surface area (Å²) < 4.78 is 5.49. The molecule has 0 unspecified atom stereocenters. The van der Waals surface area contributed by atoms with Gasteiger partial charge in [0.1, 0.15) is 0 Å². The molecule has 1 aliphatic carbocycles. The summed E-state index contributed by atoms with van der Waals surface area (Å²) in [6.07, 6.45) is 8.45. The Balaban J connectivity index is 1.99. The van der Waals surface area contributed by atoms with Crippen LogP contribution in [0, 0.1) is 0 Å². The minimum absolute atomic E-state index is 0.00790. The zero-order valence-corrected chi connectivity index (χ0v) is 8.59. The number of ketones is 1. The molecule has 0 saturated carbocycles. The summed E-state index contributed by atoms with van der Waals surface area (Å²) >= 11 is 0. The van der Waals surface area contributed by atoms with Crippen molar-refractivity contribution in [3.05, 3.63) is 66.5 Å². The van der Waals surface area contributed by atoms with Crippen molar-refractivity contribution < 1.29 is 9.53 Å². The van der Waals surface area contributed by atoms with Gasteiger partial charge in [-0.05, 0) is 29.9 Å². The lowest BCUT2D eigenvalue weighted by Crippen LogP contribution is -2.36. The second-order valence-corrected chi connectivity index (χ2v) is 3.88. The van der Waals surface area contributed by atoms with E-state index in [-0.39, 0.29) is 5.78 Å². The van der Waals surface area contributed by atoms with E-state index in [1.165, 1.54) is 0 Å². The fourth-order valence-corrected chi connectivity index (χ4v) is 1.95. The van der Waals surface area contributed by atoms with E-state index in [0.717, 1.165) is 11.1 Å². The number of benzene rings is 1. The largest absolute Gasteiger partial charge is 0.481 e. The number of carbonyl (C=O) groups excluding carboxylic acids is 1. The van der Waals surface area contributed by atoms with Crippen LogP contribution in [0.5, 0.6) is 0 Å². The highest BCUT2D eigenvalue weighted by Crippen LogP contribution is 2.42. The molecular formula is C14H10O2. The smallest absolute Gasteiger partial charge is 0.178 e. The van der Waals surface area contributed by atoms with Crippen molar-refractivity contribution in [2.45, 2.75) is 5.60 Å². The molecule has 0 bridgehead atoms. The number of allylic oxidation sites excluding steroid dienone is 2. The van der Waals surface area contributed by atoms with Gasteiger partial charge in [-0.1, -0.05) is 30.3 Å². The lowest BCUT2D eigenvalue weighted by atomic mass is 9.82. The van der Waals surface area contributed by atoms with Crippen LogP contribution in [0.4, 0.5) is 0 Å². The van der Waals surface area contributed by atoms with Gasteiger partial charge in [-0.25, -0.2) is 0 Å². The molecule has 2 heteroatoms. The van der Waals surface area contributed by atoms with Crippen molar-refractivity contribution in [3.63, 3.8) is 0 Å². The molecule has 0 amide bonds. The van der Waals surface area contributed by atoms with E-state index in [9.17, 15) is 4.79 Å². The number of ether oxygens (including phenoxy) is 1. The number of rotatable bonds is 1. The number of hydrogen-bond donors (Lipinski definition) is 0. The SMILES string of the molecule is O=C1C=CC2(C=C1)OC=C2c1ccccc1. The van der Waals surface area contributed by atoms with Crippen molar-refractivity contribution in [2.24, 2.45) is 0 Å². The maximum Gasteiger partial charge on any atom is 0.178 e. The molecule has 2 nitrogen and oxygen atoms in total. The summed E-state index contributed by atoms with van der Waals surface area (Å²) in [5.41, 5.74) is 1.69. The molecule has 0 N–H and O–H groups in total. The van der Waals surface area contributed by atoms with Crippen LogP contribution in [0.15, 0.2) is 60.9 Å². The van der Waals surface area contributed by atoms with E-state index in [1.54, 1.807) is 30.6 Å². The number of carbonyl (C=O) groups is 1. The van der Waals surface area contributed by atoms with Gasteiger partial charge >= 0.3 is 0 Å². The molecule has 1 spiro atoms. The van der Waals surface area contributed by atoms with Gasteiger partial charge in [0.2, 0.25) is 0 Å². The first-order valence-corrected chi connectivity index (χ1v) is 5.16. The first kappa shape index (κ1) is 9.16. The van der Waals surface area contributed by atoms with Crippen molar-refractivity contribution in [1.29, 1.82) is 0 Å². The fraction of sp³-hybridized carbons (Fsp3) is 0.0714. The van der Waals surface area contributed by atoms with Crippen molar-refractivity contribution in [3.8, 4) is 0 Å². The standard InChI is InChI=1S/C14H10O2/c15-12-6-8-14(9-7-12)13(10-16-14)11-4-2-1-3-5-11/h1-10H. The zero-order chi connectivity index (χ0) is 11.0. The van der Waals surface area contributed by atoms with Crippen molar-refractivity contribution in [2.75, 3.05) is 0 Å². The van der Waals surface area contributed by atoms with Gasteiger partial charge in [0, 0.05) is 5.57 Å². The lowest BCUT2D eigenvalue weighted by Gasteiger charge is -2.38. The molecule has 78 valence electrons. The molecule has 16 heavy (non-hydrogen) atoms. The van der Waals surface area contributed by atoms with E-state index in [0.29, 0.717) is 0 Å². The van der Waals surface area contributed by atoms with Gasteiger partial charge in [-0.3, -0.25) is 4.79 Å². The van der Waals surface area contributed by atoms with Crippen LogP contribution in [-0.2, 0) is 9.53 Å². The summed E-state index contributed by atoms with van der Waals surface area (Å²) in [5, 5.41) is 0. The van der Waals surface area contributed by atoms with E-state index in [1.807, 2.05) is 30.3 Å². The molecule has 1 aliphatic heterocycles. The topological polar surface area (TPSA) is 26.3 Å². The van der Waals surface area contributed by atoms with E-state index in [4.69, 9.17) is 4.74 Å². The second-order valence-electron chi connectivity index (χ2n) is 3.88. The quantitative estimate of drug-likeness (QED) is 0.711. The van der Waals surface area contributed by atoms with Crippen LogP contribution in [-0.4, -0.2) is 11.4 Å². The van der Waals surface area contributed by atoms with E-state index < -0.39 is 5.60 Å². The zero-order valence-electron chi connectivity index (χ0n) is 8.59. The average molecular weight is 210 g/mol. The first-order valence-electron chi connectivity index (χ1n) is 5.16. The minimum Gasteiger partial charge on any atom is -0.481 e. The first-order chi connectivity index (χ1) is 7.80. The van der Waals surface area contributed by atoms with Gasteiger partial charge in [0.15, 0.2) is 11.4 Å². The molecule has 1 aromatic rings. The highest BCUT2D eigenvalue weighted by Gasteiger charge is 2.40. The van der Waals surface area contributed by atoms with Crippen LogP contribution < -0.4 is 0 Å². The summed E-state index contributed by atoms with van der Waals surface area (Å²) in [4.78, 5) is 11.1. The second kappa shape index (κ2) is 3.20. The Bertz CT molecular complexity index is 505. The Kier molecular flexibility index (Phi) is 1.83. The Labute approximate surface area is 93.5 Å². The Morgan fingerprint density at radius 1 is 1.00 bits per heavy atom. The molecule has 1 heterocycles. The van der Waals surface area contributed by atoms with E-state index in [2.05, 4.69) is 0 Å². The molecule has 0 saturated heterocycles. The molecular weight excluding hydrogens is 200 g/mol. The third-order valence-corrected chi connectivity index (χ3v) is 2.87. The Hall–Kier alpha value is -2.09. The van der Waals surface area contributed by atoms with Crippen LogP contribution in [0.2, 0.25) is 0 Å². The Morgan fingerprint density at radius 3 is 2.25 bits per heavy atom. The summed E-state index contributed by atoms with van der Waals surface area (Å²) in [7, 11) is 0. The van der Waals surface area contributed by atoms with Gasteiger partial charge in [0.25, 0.3) is 0 Å². The van der Waals surface area contributed by atoms with Gasteiger partial charge in [0.05, 0.1) is 6.26 Å². The number of hydrogen-bond acceptors (Lipinski definition) is 2. The summed E-state index contributed by atoms with van der Waals surface area (Å²) in [6, 6.07) is 10.0. The summed E-state index contributed by atoms with van der Waals surface area (Å²) in [6.45, 7) is 0. The van der Waals surface area contributed by atoms with Crippen molar-refractivity contribution >= 4 is 11.4 Å². The molecule has 0 atom stereocenters. The summed E-state index contributed by atoms with van der Waals surface area (Å²) in [5.74, 6) is 0.00790. The lowest BCUT2D eigenvalue weighted by molar-refractivity contribution is -0.110. The van der Waals surface area contributed by atoms with Crippen LogP contribution >= 0.6 is 0 Å². The molecule has 2 aliphatic rings. The maximum absolute atomic E-state index is 11.1. The molecule has 3 rings (SSSR count). The monoisotopic (exact) mass is 210 g/mol. The van der Waals surface area contributed by atoms with Crippen molar-refractivity contribution in [1.82, 2.24) is 0 Å². The normalized spacial score (nSPS) is 20.2. The fourth-order valence-electron chi connectivity index (χ4n) is 1.95. The van der Waals surface area contributed by atoms with Gasteiger partial charge < -0.3 is 4.74 Å². The van der Waals surface area contributed by atoms with Gasteiger partial charge in [-0.2, -0.15) is 0 Å². The molecule has 0 aromatic heterocycles. The molecule has 0 fully saturated rings. The molecule has 1 aromatic carbocycles. The Morgan fingerprint density at radius 2 is 1.69 bits per heavy atom. The van der Waals surface area contributed by atoms with Crippen LogP contribution in [0.3, 0.4) is 0 Å². The third kappa shape index (κ3) is 1.23. The predicted molar refractivity (Wildman–Crippen MR) is 61.5 cm³/mol. The average Bonchev–Trinajstić information content (AvgIpc) is 2.30. The maximum atomic E-state index is 11.1. The molecule has 0 radical (unpaired) electrons. The predicted octanol–water partition coefficient (Wildman–Crippen LogP) is 2.49. The highest BCUT2D eigenvalue weighted by molar-refractivity contribution is 6.02.